The predicted octanol–water partition coefficient (Wildman–Crippen LogP) is 6.49. The van der Waals surface area contributed by atoms with Crippen LogP contribution in [0.3, 0.4) is 0 Å². The van der Waals surface area contributed by atoms with Crippen molar-refractivity contribution in [3.8, 4) is 5.75 Å². The monoisotopic (exact) mass is 486 g/mol. The number of ether oxygens (including phenoxy) is 1. The average molecular weight is 487 g/mol. The number of aromatic amines is 1. The Bertz CT molecular complexity index is 1320. The van der Waals surface area contributed by atoms with Gasteiger partial charge in [0.25, 0.3) is 0 Å². The van der Waals surface area contributed by atoms with Crippen molar-refractivity contribution in [3.05, 3.63) is 89.1 Å². The van der Waals surface area contributed by atoms with Crippen LogP contribution in [0.15, 0.2) is 71.8 Å². The molecule has 0 fully saturated rings. The largest absolute Gasteiger partial charge is 0.482 e. The molecular weight excluding hydrogens is 465 g/mol. The van der Waals surface area contributed by atoms with Gasteiger partial charge in [0.1, 0.15) is 5.75 Å². The topological polar surface area (TPSA) is 75.2 Å². The first-order valence-corrected chi connectivity index (χ1v) is 11.4. The van der Waals surface area contributed by atoms with Crippen molar-refractivity contribution in [3.63, 3.8) is 0 Å². The molecule has 176 valence electrons. The van der Waals surface area contributed by atoms with Crippen molar-refractivity contribution < 1.29 is 27.8 Å². The molecule has 5 nitrogen and oxygen atoms in total. The van der Waals surface area contributed by atoms with Gasteiger partial charge in [0, 0.05) is 10.3 Å². The Hall–Kier alpha value is -3.46. The lowest BCUT2D eigenvalue weighted by Crippen LogP contribution is -2.10. The highest BCUT2D eigenvalue weighted by Crippen LogP contribution is 2.45. The van der Waals surface area contributed by atoms with Gasteiger partial charge in [-0.3, -0.25) is 5.10 Å². The number of thioether (sulfide) groups is 1. The second kappa shape index (κ2) is 9.80. The highest BCUT2D eigenvalue weighted by Gasteiger charge is 2.31. The Labute approximate surface area is 198 Å². The van der Waals surface area contributed by atoms with Gasteiger partial charge in [-0.1, -0.05) is 37.3 Å². The molecule has 1 aromatic heterocycles. The van der Waals surface area contributed by atoms with Gasteiger partial charge in [0.2, 0.25) is 0 Å². The summed E-state index contributed by atoms with van der Waals surface area (Å²) in [6.07, 6.45) is -2.17. The average Bonchev–Trinajstić information content (AvgIpc) is 3.30. The van der Waals surface area contributed by atoms with Crippen LogP contribution in [0, 0.1) is 0 Å². The SMILES string of the molecule is CCc1cc(SC(c2cccc(C(F)(F)F)c2)c2cccc3[nH]ncc23)ccc1OCC(=O)O. The minimum atomic E-state index is -4.45. The van der Waals surface area contributed by atoms with Crippen LogP contribution in [-0.2, 0) is 17.4 Å². The molecule has 0 bridgehead atoms. The summed E-state index contributed by atoms with van der Waals surface area (Å²) >= 11 is 1.41. The summed E-state index contributed by atoms with van der Waals surface area (Å²) < 4.78 is 45.8. The third-order valence-electron chi connectivity index (χ3n) is 5.34. The van der Waals surface area contributed by atoms with Crippen LogP contribution in [0.5, 0.6) is 5.75 Å². The molecule has 0 saturated carbocycles. The van der Waals surface area contributed by atoms with Crippen LogP contribution in [-0.4, -0.2) is 27.9 Å². The summed E-state index contributed by atoms with van der Waals surface area (Å²) in [5.41, 5.74) is 2.25. The molecule has 4 aromatic rings. The highest BCUT2D eigenvalue weighted by atomic mass is 32.2. The van der Waals surface area contributed by atoms with Gasteiger partial charge in [-0.25, -0.2) is 4.79 Å². The maximum absolute atomic E-state index is 13.5. The minimum Gasteiger partial charge on any atom is -0.482 e. The summed E-state index contributed by atoms with van der Waals surface area (Å²) in [7, 11) is 0. The van der Waals surface area contributed by atoms with E-state index in [0.717, 1.165) is 33.0 Å². The van der Waals surface area contributed by atoms with Crippen molar-refractivity contribution in [1.82, 2.24) is 10.2 Å². The zero-order valence-electron chi connectivity index (χ0n) is 18.1. The number of fused-ring (bicyclic) bond motifs is 1. The Morgan fingerprint density at radius 1 is 1.15 bits per heavy atom. The molecule has 1 heterocycles. The Kier molecular flexibility index (Phi) is 6.83. The fourth-order valence-corrected chi connectivity index (χ4v) is 4.97. The number of carboxylic acids is 1. The maximum Gasteiger partial charge on any atom is 0.416 e. The van der Waals surface area contributed by atoms with Crippen LogP contribution in [0.2, 0.25) is 0 Å². The van der Waals surface area contributed by atoms with E-state index in [1.165, 1.54) is 23.9 Å². The second-order valence-corrected chi connectivity index (χ2v) is 8.78. The summed E-state index contributed by atoms with van der Waals surface area (Å²) in [6.45, 7) is 1.47. The van der Waals surface area contributed by atoms with E-state index < -0.39 is 29.6 Å². The van der Waals surface area contributed by atoms with Gasteiger partial charge in [-0.15, -0.1) is 11.8 Å². The smallest absolute Gasteiger partial charge is 0.416 e. The zero-order valence-corrected chi connectivity index (χ0v) is 18.9. The van der Waals surface area contributed by atoms with Crippen molar-refractivity contribution >= 4 is 28.6 Å². The van der Waals surface area contributed by atoms with Crippen LogP contribution in [0.1, 0.15) is 34.4 Å². The number of carboxylic acid groups (broad SMARTS) is 1. The van der Waals surface area contributed by atoms with E-state index >= 15 is 0 Å². The van der Waals surface area contributed by atoms with Crippen LogP contribution >= 0.6 is 11.8 Å². The van der Waals surface area contributed by atoms with E-state index in [0.29, 0.717) is 17.7 Å². The fraction of sp³-hybridized carbons (Fsp3) is 0.200. The number of halogens is 3. The summed E-state index contributed by atoms with van der Waals surface area (Å²) in [5, 5.41) is 16.3. The van der Waals surface area contributed by atoms with E-state index in [4.69, 9.17) is 9.84 Å². The predicted molar refractivity (Wildman–Crippen MR) is 124 cm³/mol. The number of benzene rings is 3. The van der Waals surface area contributed by atoms with Crippen molar-refractivity contribution in [2.24, 2.45) is 0 Å². The highest BCUT2D eigenvalue weighted by molar-refractivity contribution is 7.99. The van der Waals surface area contributed by atoms with Gasteiger partial charge in [0.05, 0.1) is 22.5 Å². The molecule has 4 rings (SSSR count). The first-order valence-electron chi connectivity index (χ1n) is 10.5. The Morgan fingerprint density at radius 3 is 2.68 bits per heavy atom. The lowest BCUT2D eigenvalue weighted by Gasteiger charge is -2.21. The number of nitrogens with zero attached hydrogens (tertiary/aromatic N) is 1. The quantitative estimate of drug-likeness (QED) is 0.279. The van der Waals surface area contributed by atoms with Crippen LogP contribution in [0.25, 0.3) is 10.9 Å². The van der Waals surface area contributed by atoms with Crippen LogP contribution in [0.4, 0.5) is 13.2 Å². The van der Waals surface area contributed by atoms with Gasteiger partial charge in [0.15, 0.2) is 6.61 Å². The van der Waals surface area contributed by atoms with Crippen LogP contribution < -0.4 is 4.74 Å². The number of alkyl halides is 3. The molecule has 2 N–H and O–H groups in total. The summed E-state index contributed by atoms with van der Waals surface area (Å²) in [4.78, 5) is 11.7. The molecule has 0 amide bonds. The van der Waals surface area contributed by atoms with E-state index in [1.54, 1.807) is 24.4 Å². The standard InChI is InChI=1S/C25H21F3N2O3S/c1-2-15-12-18(9-10-22(15)33-14-23(31)32)34-24(16-5-3-6-17(11-16)25(26,27)28)19-7-4-8-21-20(19)13-29-30-21/h3-13,24H,2,14H2,1H3,(H,29,30)(H,31,32). The third-order valence-corrected chi connectivity index (χ3v) is 6.62. The minimum absolute atomic E-state index is 0.445. The van der Waals surface area contributed by atoms with E-state index in [2.05, 4.69) is 10.2 Å². The number of aliphatic carboxylic acids is 1. The number of carbonyl (C=O) groups is 1. The number of hydrogen-bond donors (Lipinski definition) is 2. The molecule has 0 radical (unpaired) electrons. The molecule has 0 spiro atoms. The molecule has 0 saturated heterocycles. The first-order chi connectivity index (χ1) is 16.3. The number of H-pyrrole nitrogens is 1. The van der Waals surface area contributed by atoms with E-state index in [9.17, 15) is 18.0 Å². The number of hydrogen-bond acceptors (Lipinski definition) is 4. The fourth-order valence-electron chi connectivity index (χ4n) is 3.73. The number of rotatable bonds is 8. The number of nitrogens with one attached hydrogen (secondary N) is 1. The lowest BCUT2D eigenvalue weighted by molar-refractivity contribution is -0.139. The molecule has 3 aromatic carbocycles. The molecule has 0 aliphatic heterocycles. The lowest BCUT2D eigenvalue weighted by atomic mass is 9.99. The Balaban J connectivity index is 1.77. The third kappa shape index (κ3) is 5.20. The Morgan fingerprint density at radius 2 is 1.94 bits per heavy atom. The molecule has 1 atom stereocenters. The van der Waals surface area contributed by atoms with E-state index in [-0.39, 0.29) is 0 Å². The van der Waals surface area contributed by atoms with Gasteiger partial charge in [-0.05, 0) is 53.4 Å². The second-order valence-electron chi connectivity index (χ2n) is 7.61. The maximum atomic E-state index is 13.5. The van der Waals surface area contributed by atoms with Crippen molar-refractivity contribution in [2.75, 3.05) is 6.61 Å². The van der Waals surface area contributed by atoms with E-state index in [1.807, 2.05) is 31.2 Å². The van der Waals surface area contributed by atoms with Gasteiger partial charge >= 0.3 is 12.1 Å². The van der Waals surface area contributed by atoms with Crippen molar-refractivity contribution in [1.29, 1.82) is 0 Å². The molecule has 0 aliphatic carbocycles. The number of aromatic nitrogens is 2. The summed E-state index contributed by atoms with van der Waals surface area (Å²) in [5.74, 6) is -0.597. The number of aryl methyl sites for hydroxylation is 1. The molecule has 9 heteroatoms. The molecule has 34 heavy (non-hydrogen) atoms. The summed E-state index contributed by atoms with van der Waals surface area (Å²) in [6, 6.07) is 16.3. The zero-order chi connectivity index (χ0) is 24.3. The van der Waals surface area contributed by atoms with Crippen molar-refractivity contribution in [2.45, 2.75) is 29.7 Å². The van der Waals surface area contributed by atoms with Gasteiger partial charge in [-0.2, -0.15) is 18.3 Å². The molecule has 0 aliphatic rings. The normalized spacial score (nSPS) is 12.6. The van der Waals surface area contributed by atoms with Gasteiger partial charge < -0.3 is 9.84 Å². The first kappa shape index (κ1) is 23.7. The molecule has 1 unspecified atom stereocenters. The molecular formula is C25H21F3N2O3S.